The molecule has 0 amide bonds. The van der Waals surface area contributed by atoms with E-state index in [0.717, 1.165) is 17.5 Å². The molecule has 0 saturated heterocycles. The third kappa shape index (κ3) is 5.15. The van der Waals surface area contributed by atoms with Gasteiger partial charge < -0.3 is 24.0 Å². The number of anilines is 2. The molecule has 0 aromatic heterocycles. The third-order valence-corrected chi connectivity index (χ3v) is 5.02. The second-order valence-corrected chi connectivity index (χ2v) is 7.07. The SMILES string of the molecule is COc1cc(/C=C/C(=O)OCC(=O)C(C#N)=C2N(C)c3ccccc3N2C)ccc1OC(F)F. The molecule has 10 heteroatoms. The Morgan fingerprint density at radius 1 is 1.09 bits per heavy atom. The van der Waals surface area contributed by atoms with Gasteiger partial charge in [0.05, 0.1) is 18.5 Å². The maximum atomic E-state index is 12.7. The van der Waals surface area contributed by atoms with E-state index in [1.54, 1.807) is 23.9 Å². The van der Waals surface area contributed by atoms with E-state index >= 15 is 0 Å². The lowest BCUT2D eigenvalue weighted by molar-refractivity contribution is -0.141. The van der Waals surface area contributed by atoms with Crippen molar-refractivity contribution < 1.29 is 32.6 Å². The molecule has 3 rings (SSSR count). The molecule has 0 spiro atoms. The first-order chi connectivity index (χ1) is 16.3. The van der Waals surface area contributed by atoms with Crippen molar-refractivity contribution in [1.82, 2.24) is 0 Å². The Balaban J connectivity index is 1.67. The quantitative estimate of drug-likeness (QED) is 0.328. The fraction of sp³-hybridized carbons (Fsp3) is 0.208. The predicted molar refractivity (Wildman–Crippen MR) is 121 cm³/mol. The van der Waals surface area contributed by atoms with Gasteiger partial charge in [-0.2, -0.15) is 14.0 Å². The number of para-hydroxylation sites is 2. The molecule has 2 aromatic rings. The number of ether oxygens (including phenoxy) is 3. The number of rotatable bonds is 8. The number of hydrogen-bond donors (Lipinski definition) is 0. The second kappa shape index (κ2) is 10.5. The van der Waals surface area contributed by atoms with Gasteiger partial charge in [-0.05, 0) is 35.9 Å². The molecule has 1 aliphatic rings. The molecular formula is C24H21F2N3O5. The number of ketones is 1. The number of nitriles is 1. The highest BCUT2D eigenvalue weighted by Crippen LogP contribution is 2.40. The number of benzene rings is 2. The van der Waals surface area contributed by atoms with Crippen LogP contribution < -0.4 is 19.3 Å². The molecular weight excluding hydrogens is 448 g/mol. The topological polar surface area (TPSA) is 92.1 Å². The van der Waals surface area contributed by atoms with Crippen LogP contribution in [-0.2, 0) is 14.3 Å². The van der Waals surface area contributed by atoms with E-state index in [9.17, 15) is 23.6 Å². The normalized spacial score (nSPS) is 12.6. The van der Waals surface area contributed by atoms with E-state index in [-0.39, 0.29) is 17.1 Å². The van der Waals surface area contributed by atoms with Crippen LogP contribution in [0.15, 0.2) is 59.9 Å². The minimum absolute atomic E-state index is 0.0575. The van der Waals surface area contributed by atoms with Crippen LogP contribution in [0, 0.1) is 11.3 Å². The Bertz CT molecular complexity index is 1170. The van der Waals surface area contributed by atoms with E-state index in [4.69, 9.17) is 9.47 Å². The van der Waals surface area contributed by atoms with Gasteiger partial charge in [-0.1, -0.05) is 18.2 Å². The largest absolute Gasteiger partial charge is 0.493 e. The predicted octanol–water partition coefficient (Wildman–Crippen LogP) is 3.74. The van der Waals surface area contributed by atoms with Crippen LogP contribution in [0.25, 0.3) is 6.08 Å². The van der Waals surface area contributed by atoms with Crippen LogP contribution in [0.5, 0.6) is 11.5 Å². The van der Waals surface area contributed by atoms with Crippen molar-refractivity contribution in [3.05, 3.63) is 65.5 Å². The van der Waals surface area contributed by atoms with Gasteiger partial charge in [-0.25, -0.2) is 4.79 Å². The Labute approximate surface area is 194 Å². The number of fused-ring (bicyclic) bond motifs is 1. The summed E-state index contributed by atoms with van der Waals surface area (Å²) in [5.74, 6) is -1.18. The molecule has 0 aliphatic carbocycles. The highest BCUT2D eigenvalue weighted by molar-refractivity contribution is 6.04. The van der Waals surface area contributed by atoms with Crippen LogP contribution in [0.3, 0.4) is 0 Å². The molecule has 176 valence electrons. The molecule has 34 heavy (non-hydrogen) atoms. The number of nitrogens with zero attached hydrogens (tertiary/aromatic N) is 3. The highest BCUT2D eigenvalue weighted by Gasteiger charge is 2.31. The Hall–Kier alpha value is -4.39. The number of Topliss-reactive ketones (excluding diaryl/α,β-unsaturated/α-hetero) is 1. The average Bonchev–Trinajstić information content (AvgIpc) is 3.07. The molecule has 0 radical (unpaired) electrons. The average molecular weight is 469 g/mol. The molecule has 0 fully saturated rings. The van der Waals surface area contributed by atoms with Crippen molar-refractivity contribution in [2.24, 2.45) is 0 Å². The number of carbonyl (C=O) groups is 2. The summed E-state index contributed by atoms with van der Waals surface area (Å²) in [4.78, 5) is 28.2. The van der Waals surface area contributed by atoms with Crippen molar-refractivity contribution >= 4 is 29.2 Å². The molecule has 8 nitrogen and oxygen atoms in total. The molecule has 0 N–H and O–H groups in total. The van der Waals surface area contributed by atoms with E-state index in [1.807, 2.05) is 30.3 Å². The second-order valence-electron chi connectivity index (χ2n) is 7.07. The molecule has 1 aliphatic heterocycles. The van der Waals surface area contributed by atoms with Crippen LogP contribution in [0.2, 0.25) is 0 Å². The number of halogens is 2. The lowest BCUT2D eigenvalue weighted by Crippen LogP contribution is -2.27. The van der Waals surface area contributed by atoms with Gasteiger partial charge in [0.2, 0.25) is 5.78 Å². The van der Waals surface area contributed by atoms with Gasteiger partial charge in [0.15, 0.2) is 18.1 Å². The maximum absolute atomic E-state index is 12.7. The lowest BCUT2D eigenvalue weighted by atomic mass is 10.2. The summed E-state index contributed by atoms with van der Waals surface area (Å²) in [6.07, 6.45) is 2.43. The molecule has 1 heterocycles. The van der Waals surface area contributed by atoms with Crippen LogP contribution in [0.1, 0.15) is 5.56 Å². The Kier molecular flexibility index (Phi) is 7.48. The molecule has 0 saturated carbocycles. The number of hydrogen-bond acceptors (Lipinski definition) is 8. The minimum Gasteiger partial charge on any atom is -0.493 e. The van der Waals surface area contributed by atoms with Crippen molar-refractivity contribution in [3.8, 4) is 17.6 Å². The van der Waals surface area contributed by atoms with Gasteiger partial charge in [0.25, 0.3) is 0 Å². The summed E-state index contributed by atoms with van der Waals surface area (Å²) < 4.78 is 39.2. The molecule has 0 unspecified atom stereocenters. The monoisotopic (exact) mass is 469 g/mol. The molecule has 0 bridgehead atoms. The molecule has 2 aromatic carbocycles. The van der Waals surface area contributed by atoms with E-state index in [0.29, 0.717) is 11.4 Å². The van der Waals surface area contributed by atoms with E-state index in [1.165, 1.54) is 31.4 Å². The summed E-state index contributed by atoms with van der Waals surface area (Å²) in [5.41, 5.74) is 1.98. The first kappa shape index (κ1) is 24.3. The minimum atomic E-state index is -3.01. The van der Waals surface area contributed by atoms with Crippen LogP contribution in [0.4, 0.5) is 20.2 Å². The lowest BCUT2D eigenvalue weighted by Gasteiger charge is -2.19. The first-order valence-electron chi connectivity index (χ1n) is 9.98. The van der Waals surface area contributed by atoms with Gasteiger partial charge in [0.1, 0.15) is 17.5 Å². The molecule has 0 atom stereocenters. The van der Waals surface area contributed by atoms with Crippen molar-refractivity contribution in [2.45, 2.75) is 6.61 Å². The fourth-order valence-electron chi connectivity index (χ4n) is 3.46. The summed E-state index contributed by atoms with van der Waals surface area (Å²) in [6, 6.07) is 13.5. The summed E-state index contributed by atoms with van der Waals surface area (Å²) in [5, 5.41) is 9.61. The summed E-state index contributed by atoms with van der Waals surface area (Å²) in [6.45, 7) is -3.63. The van der Waals surface area contributed by atoms with Gasteiger partial charge >= 0.3 is 12.6 Å². The highest BCUT2D eigenvalue weighted by atomic mass is 19.3. The zero-order chi connectivity index (χ0) is 24.8. The zero-order valence-corrected chi connectivity index (χ0v) is 18.6. The van der Waals surface area contributed by atoms with E-state index in [2.05, 4.69) is 4.74 Å². The maximum Gasteiger partial charge on any atom is 0.387 e. The van der Waals surface area contributed by atoms with Crippen molar-refractivity contribution in [3.63, 3.8) is 0 Å². The van der Waals surface area contributed by atoms with Gasteiger partial charge in [0, 0.05) is 20.2 Å². The van der Waals surface area contributed by atoms with Crippen molar-refractivity contribution in [1.29, 1.82) is 5.26 Å². The Morgan fingerprint density at radius 2 is 1.74 bits per heavy atom. The van der Waals surface area contributed by atoms with Crippen LogP contribution in [-0.4, -0.2) is 46.2 Å². The van der Waals surface area contributed by atoms with E-state index < -0.39 is 25.0 Å². The van der Waals surface area contributed by atoms with Gasteiger partial charge in [-0.15, -0.1) is 0 Å². The number of esters is 1. The summed E-state index contributed by atoms with van der Waals surface area (Å²) in [7, 11) is 4.77. The number of carbonyl (C=O) groups excluding carboxylic acids is 2. The number of methoxy groups -OCH3 is 1. The fourth-order valence-corrected chi connectivity index (χ4v) is 3.46. The van der Waals surface area contributed by atoms with Crippen LogP contribution >= 0.6 is 0 Å². The number of alkyl halides is 2. The zero-order valence-electron chi connectivity index (χ0n) is 18.6. The van der Waals surface area contributed by atoms with Crippen molar-refractivity contribution in [2.75, 3.05) is 37.6 Å². The Morgan fingerprint density at radius 3 is 2.29 bits per heavy atom. The smallest absolute Gasteiger partial charge is 0.387 e. The summed E-state index contributed by atoms with van der Waals surface area (Å²) >= 11 is 0. The van der Waals surface area contributed by atoms with Gasteiger partial charge in [-0.3, -0.25) is 4.79 Å². The standard InChI is InChI=1S/C24H21F2N3O5/c1-28-17-6-4-5-7-18(17)29(2)23(28)16(13-27)19(30)14-33-22(31)11-9-15-8-10-20(34-24(25)26)21(12-15)32-3/h4-12,24H,14H2,1-3H3/b11-9+. The third-order valence-electron chi connectivity index (χ3n) is 5.02. The first-order valence-corrected chi connectivity index (χ1v) is 9.98.